The van der Waals surface area contributed by atoms with Crippen LogP contribution in [0.15, 0.2) is 30.3 Å². The summed E-state index contributed by atoms with van der Waals surface area (Å²) >= 11 is 5.98. The van der Waals surface area contributed by atoms with Gasteiger partial charge in [0.2, 0.25) is 0 Å². The lowest BCUT2D eigenvalue weighted by molar-refractivity contribution is -0.0503. The highest BCUT2D eigenvalue weighted by Crippen LogP contribution is 2.59. The molecule has 0 aliphatic heterocycles. The number of halogens is 1. The highest BCUT2D eigenvalue weighted by Gasteiger charge is 2.50. The van der Waals surface area contributed by atoms with Crippen molar-refractivity contribution in [1.82, 2.24) is 10.3 Å². The summed E-state index contributed by atoms with van der Waals surface area (Å²) in [6.07, 6.45) is 8.23. The lowest BCUT2D eigenvalue weighted by Crippen LogP contribution is -2.51. The first-order valence-electron chi connectivity index (χ1n) is 9.44. The van der Waals surface area contributed by atoms with Gasteiger partial charge in [-0.3, -0.25) is 4.79 Å². The minimum Gasteiger partial charge on any atom is -0.351 e. The maximum atomic E-state index is 12.9. The molecule has 1 amide bonds. The van der Waals surface area contributed by atoms with Crippen LogP contribution in [0.3, 0.4) is 0 Å². The molecule has 4 aliphatic carbocycles. The Morgan fingerprint density at radius 2 is 1.76 bits per heavy atom. The van der Waals surface area contributed by atoms with Crippen LogP contribution in [0, 0.1) is 23.2 Å². The molecular formula is C21H23ClN2O. The van der Waals surface area contributed by atoms with Gasteiger partial charge >= 0.3 is 0 Å². The maximum Gasteiger partial charge on any atom is 0.251 e. The fraction of sp³-hybridized carbons (Fsp3) is 0.524. The first-order valence-corrected chi connectivity index (χ1v) is 9.81. The lowest BCUT2D eigenvalue weighted by atomic mass is 9.49. The van der Waals surface area contributed by atoms with Crippen LogP contribution in [0.2, 0.25) is 5.15 Å². The van der Waals surface area contributed by atoms with Crippen LogP contribution in [0.25, 0.3) is 10.9 Å². The SMILES string of the molecule is O=C(NCC12CC3CC(CC(C3)C1)C2)c1cccc2nc(Cl)ccc12. The number of rotatable bonds is 3. The Kier molecular flexibility index (Phi) is 3.56. The summed E-state index contributed by atoms with van der Waals surface area (Å²) in [5.74, 6) is 2.75. The van der Waals surface area contributed by atoms with E-state index in [1.165, 1.54) is 38.5 Å². The molecule has 0 saturated heterocycles. The van der Waals surface area contributed by atoms with Crippen LogP contribution in [0.5, 0.6) is 0 Å². The smallest absolute Gasteiger partial charge is 0.251 e. The average Bonchev–Trinajstić information content (AvgIpc) is 2.58. The molecule has 0 atom stereocenters. The van der Waals surface area contributed by atoms with Crippen molar-refractivity contribution in [1.29, 1.82) is 0 Å². The van der Waals surface area contributed by atoms with Gasteiger partial charge in [0, 0.05) is 17.5 Å². The summed E-state index contributed by atoms with van der Waals surface area (Å²) in [6.45, 7) is 0.826. The molecule has 0 unspecified atom stereocenters. The molecule has 4 fully saturated rings. The number of benzene rings is 1. The minimum atomic E-state index is 0.0190. The predicted molar refractivity (Wildman–Crippen MR) is 99.7 cm³/mol. The van der Waals surface area contributed by atoms with Crippen LogP contribution in [0.4, 0.5) is 0 Å². The molecule has 4 aliphatic rings. The van der Waals surface area contributed by atoms with E-state index in [0.29, 0.717) is 16.1 Å². The summed E-state index contributed by atoms with van der Waals surface area (Å²) in [5.41, 5.74) is 1.83. The summed E-state index contributed by atoms with van der Waals surface area (Å²) < 4.78 is 0. The van der Waals surface area contributed by atoms with Gasteiger partial charge in [-0.05, 0) is 86.0 Å². The van der Waals surface area contributed by atoms with Crippen molar-refractivity contribution in [3.63, 3.8) is 0 Å². The molecule has 2 aromatic rings. The molecule has 1 aromatic heterocycles. The van der Waals surface area contributed by atoms with Gasteiger partial charge in [0.1, 0.15) is 5.15 Å². The minimum absolute atomic E-state index is 0.0190. The third-order valence-corrected chi connectivity index (χ3v) is 6.94. The van der Waals surface area contributed by atoms with Crippen molar-refractivity contribution >= 4 is 28.4 Å². The molecule has 4 bridgehead atoms. The van der Waals surface area contributed by atoms with E-state index in [1.54, 1.807) is 6.07 Å². The van der Waals surface area contributed by atoms with Crippen molar-refractivity contribution in [2.45, 2.75) is 38.5 Å². The van der Waals surface area contributed by atoms with E-state index in [4.69, 9.17) is 11.6 Å². The monoisotopic (exact) mass is 354 g/mol. The van der Waals surface area contributed by atoms with Crippen molar-refractivity contribution in [3.8, 4) is 0 Å². The molecule has 0 radical (unpaired) electrons. The Labute approximate surface area is 153 Å². The Morgan fingerprint density at radius 3 is 2.44 bits per heavy atom. The summed E-state index contributed by atoms with van der Waals surface area (Å²) in [5, 5.41) is 4.59. The Bertz CT molecular complexity index is 812. The highest BCUT2D eigenvalue weighted by molar-refractivity contribution is 6.29. The first kappa shape index (κ1) is 15.6. The van der Waals surface area contributed by atoms with Crippen molar-refractivity contribution in [2.24, 2.45) is 23.2 Å². The number of carbonyl (C=O) groups excluding carboxylic acids is 1. The predicted octanol–water partition coefficient (Wildman–Crippen LogP) is 4.83. The fourth-order valence-electron chi connectivity index (χ4n) is 6.20. The van der Waals surface area contributed by atoms with E-state index in [1.807, 2.05) is 24.3 Å². The lowest BCUT2D eigenvalue weighted by Gasteiger charge is -2.56. The van der Waals surface area contributed by atoms with Gasteiger partial charge in [0.25, 0.3) is 5.91 Å². The molecule has 4 heteroatoms. The van der Waals surface area contributed by atoms with E-state index in [0.717, 1.165) is 35.2 Å². The summed E-state index contributed by atoms with van der Waals surface area (Å²) in [6, 6.07) is 9.30. The van der Waals surface area contributed by atoms with E-state index >= 15 is 0 Å². The first-order chi connectivity index (χ1) is 12.1. The molecule has 1 aromatic carbocycles. The van der Waals surface area contributed by atoms with Gasteiger partial charge in [-0.15, -0.1) is 0 Å². The Morgan fingerprint density at radius 1 is 1.08 bits per heavy atom. The third kappa shape index (κ3) is 2.73. The van der Waals surface area contributed by atoms with Crippen LogP contribution >= 0.6 is 11.6 Å². The van der Waals surface area contributed by atoms with Crippen molar-refractivity contribution in [3.05, 3.63) is 41.0 Å². The molecule has 1 N–H and O–H groups in total. The summed E-state index contributed by atoms with van der Waals surface area (Å²) in [4.78, 5) is 17.2. The standard InChI is InChI=1S/C21H23ClN2O/c22-19-5-4-16-17(2-1-3-18(16)24-19)20(25)23-12-21-9-13-6-14(10-21)8-15(7-13)11-21/h1-5,13-15H,6-12H2,(H,23,25). The van der Waals surface area contributed by atoms with Gasteiger partial charge < -0.3 is 5.32 Å². The topological polar surface area (TPSA) is 42.0 Å². The Hall–Kier alpha value is -1.61. The molecule has 4 saturated carbocycles. The maximum absolute atomic E-state index is 12.9. The van der Waals surface area contributed by atoms with Gasteiger partial charge in [0.05, 0.1) is 5.52 Å². The number of hydrogen-bond acceptors (Lipinski definition) is 2. The number of aromatic nitrogens is 1. The zero-order valence-electron chi connectivity index (χ0n) is 14.3. The average molecular weight is 355 g/mol. The van der Waals surface area contributed by atoms with Crippen LogP contribution in [0.1, 0.15) is 48.9 Å². The second kappa shape index (κ2) is 5.70. The second-order valence-corrected chi connectivity index (χ2v) is 8.99. The molecule has 1 heterocycles. The largest absolute Gasteiger partial charge is 0.351 e. The van der Waals surface area contributed by atoms with Gasteiger partial charge in [-0.1, -0.05) is 17.7 Å². The highest BCUT2D eigenvalue weighted by atomic mass is 35.5. The van der Waals surface area contributed by atoms with Crippen molar-refractivity contribution < 1.29 is 4.79 Å². The van der Waals surface area contributed by atoms with Gasteiger partial charge in [-0.2, -0.15) is 0 Å². The molecule has 25 heavy (non-hydrogen) atoms. The molecule has 6 rings (SSSR count). The van der Waals surface area contributed by atoms with Crippen LogP contribution in [-0.2, 0) is 0 Å². The number of amides is 1. The number of hydrogen-bond donors (Lipinski definition) is 1. The van der Waals surface area contributed by atoms with E-state index in [2.05, 4.69) is 10.3 Å². The molecule has 130 valence electrons. The van der Waals surface area contributed by atoms with Crippen LogP contribution in [-0.4, -0.2) is 17.4 Å². The van der Waals surface area contributed by atoms with E-state index in [9.17, 15) is 4.79 Å². The second-order valence-electron chi connectivity index (χ2n) is 8.61. The van der Waals surface area contributed by atoms with Gasteiger partial charge in [0.15, 0.2) is 0 Å². The fourth-order valence-corrected chi connectivity index (χ4v) is 6.35. The number of fused-ring (bicyclic) bond motifs is 1. The Balaban J connectivity index is 1.36. The number of pyridine rings is 1. The zero-order chi connectivity index (χ0) is 17.0. The third-order valence-electron chi connectivity index (χ3n) is 6.73. The molecular weight excluding hydrogens is 332 g/mol. The zero-order valence-corrected chi connectivity index (χ0v) is 15.1. The number of nitrogens with one attached hydrogen (secondary N) is 1. The van der Waals surface area contributed by atoms with Crippen LogP contribution < -0.4 is 5.32 Å². The van der Waals surface area contributed by atoms with Gasteiger partial charge in [-0.25, -0.2) is 4.98 Å². The normalized spacial score (nSPS) is 32.9. The number of carbonyl (C=O) groups is 1. The van der Waals surface area contributed by atoms with E-state index < -0.39 is 0 Å². The number of nitrogens with zero attached hydrogens (tertiary/aromatic N) is 1. The quantitative estimate of drug-likeness (QED) is 0.802. The summed E-state index contributed by atoms with van der Waals surface area (Å²) in [7, 11) is 0. The van der Waals surface area contributed by atoms with E-state index in [-0.39, 0.29) is 5.91 Å². The van der Waals surface area contributed by atoms with Crippen molar-refractivity contribution in [2.75, 3.05) is 6.54 Å². The molecule has 3 nitrogen and oxygen atoms in total. The molecule has 0 spiro atoms.